The van der Waals surface area contributed by atoms with Crippen LogP contribution in [0.15, 0.2) is 66.9 Å². The Hall–Kier alpha value is -3.14. The van der Waals surface area contributed by atoms with Crippen LogP contribution in [0.3, 0.4) is 0 Å². The highest BCUT2D eigenvalue weighted by molar-refractivity contribution is 6.04. The molecule has 0 aliphatic rings. The molecule has 3 rings (SSSR count). The van der Waals surface area contributed by atoms with Crippen molar-refractivity contribution >= 4 is 17.4 Å². The van der Waals surface area contributed by atoms with Crippen LogP contribution >= 0.6 is 0 Å². The molecule has 1 aromatic heterocycles. The molecule has 4 heteroatoms. The van der Waals surface area contributed by atoms with Gasteiger partial charge in [-0.2, -0.15) is 0 Å². The maximum atomic E-state index is 12.4. The van der Waals surface area contributed by atoms with Crippen LogP contribution in [0.4, 0.5) is 11.5 Å². The molecule has 0 radical (unpaired) electrons. The van der Waals surface area contributed by atoms with Gasteiger partial charge in [-0.1, -0.05) is 42.5 Å². The van der Waals surface area contributed by atoms with Crippen LogP contribution in [0.2, 0.25) is 0 Å². The molecule has 2 aromatic carbocycles. The predicted octanol–water partition coefficient (Wildman–Crippen LogP) is 4.56. The average molecular weight is 331 g/mol. The van der Waals surface area contributed by atoms with Gasteiger partial charge in [0, 0.05) is 18.4 Å². The molecule has 3 aromatic rings. The molecule has 4 nitrogen and oxygen atoms in total. The summed E-state index contributed by atoms with van der Waals surface area (Å²) < 4.78 is 0. The summed E-state index contributed by atoms with van der Waals surface area (Å²) in [4.78, 5) is 16.7. The lowest BCUT2D eigenvalue weighted by Crippen LogP contribution is -2.13. The molecule has 0 spiro atoms. The van der Waals surface area contributed by atoms with E-state index in [1.165, 1.54) is 5.56 Å². The third-order valence-corrected chi connectivity index (χ3v) is 4.19. The molecule has 25 heavy (non-hydrogen) atoms. The van der Waals surface area contributed by atoms with Crippen molar-refractivity contribution in [3.63, 3.8) is 0 Å². The first-order valence-corrected chi connectivity index (χ1v) is 8.25. The zero-order valence-electron chi connectivity index (χ0n) is 14.4. The van der Waals surface area contributed by atoms with Crippen molar-refractivity contribution in [2.45, 2.75) is 20.4 Å². The molecule has 2 N–H and O–H groups in total. The van der Waals surface area contributed by atoms with Gasteiger partial charge in [-0.15, -0.1) is 0 Å². The Balaban J connectivity index is 1.63. The van der Waals surface area contributed by atoms with Crippen LogP contribution < -0.4 is 10.6 Å². The van der Waals surface area contributed by atoms with Crippen LogP contribution in [0.1, 0.15) is 27.0 Å². The summed E-state index contributed by atoms with van der Waals surface area (Å²) in [5.41, 5.74) is 4.77. The molecular weight excluding hydrogens is 310 g/mol. The summed E-state index contributed by atoms with van der Waals surface area (Å²) >= 11 is 0. The van der Waals surface area contributed by atoms with Crippen LogP contribution in [0.5, 0.6) is 0 Å². The minimum absolute atomic E-state index is 0.157. The van der Waals surface area contributed by atoms with E-state index in [1.54, 1.807) is 12.3 Å². The number of hydrogen-bond donors (Lipinski definition) is 2. The lowest BCUT2D eigenvalue weighted by molar-refractivity contribution is 0.102. The third kappa shape index (κ3) is 4.23. The normalized spacial score (nSPS) is 10.3. The first-order chi connectivity index (χ1) is 12.1. The Morgan fingerprint density at radius 1 is 0.960 bits per heavy atom. The molecular formula is C21H21N3O. The average Bonchev–Trinajstić information content (AvgIpc) is 2.65. The van der Waals surface area contributed by atoms with Crippen molar-refractivity contribution < 1.29 is 4.79 Å². The zero-order chi connectivity index (χ0) is 17.6. The molecule has 0 fully saturated rings. The molecule has 0 bridgehead atoms. The van der Waals surface area contributed by atoms with Crippen molar-refractivity contribution in [3.8, 4) is 0 Å². The number of nitrogens with zero attached hydrogens (tertiary/aromatic N) is 1. The second-order valence-corrected chi connectivity index (χ2v) is 5.97. The first kappa shape index (κ1) is 16.7. The Labute approximate surface area is 147 Å². The Morgan fingerprint density at radius 2 is 1.76 bits per heavy atom. The van der Waals surface area contributed by atoms with Gasteiger partial charge in [0.05, 0.1) is 5.56 Å². The van der Waals surface area contributed by atoms with Crippen molar-refractivity contribution in [2.24, 2.45) is 0 Å². The van der Waals surface area contributed by atoms with Crippen molar-refractivity contribution in [1.29, 1.82) is 0 Å². The van der Waals surface area contributed by atoms with Crippen LogP contribution in [0, 0.1) is 13.8 Å². The van der Waals surface area contributed by atoms with Gasteiger partial charge in [0.25, 0.3) is 5.91 Å². The standard InChI is InChI=1S/C21H21N3O/c1-15-7-6-10-19(16(15)2)24-21(25)18-11-12-20(23-14-18)22-13-17-8-4-3-5-9-17/h3-12,14H,13H2,1-2H3,(H,22,23)(H,24,25). The van der Waals surface area contributed by atoms with Gasteiger partial charge in [0.2, 0.25) is 0 Å². The summed E-state index contributed by atoms with van der Waals surface area (Å²) in [6, 6.07) is 19.6. The smallest absolute Gasteiger partial charge is 0.257 e. The van der Waals surface area contributed by atoms with Crippen LogP contribution in [-0.2, 0) is 6.54 Å². The van der Waals surface area contributed by atoms with Gasteiger partial charge in [-0.3, -0.25) is 4.79 Å². The second kappa shape index (κ2) is 7.62. The van der Waals surface area contributed by atoms with Crippen molar-refractivity contribution in [2.75, 3.05) is 10.6 Å². The van der Waals surface area contributed by atoms with E-state index in [0.29, 0.717) is 12.1 Å². The molecule has 1 amide bonds. The largest absolute Gasteiger partial charge is 0.366 e. The van der Waals surface area contributed by atoms with Gasteiger partial charge in [0.1, 0.15) is 5.82 Å². The highest BCUT2D eigenvalue weighted by Crippen LogP contribution is 2.19. The number of anilines is 2. The highest BCUT2D eigenvalue weighted by atomic mass is 16.1. The monoisotopic (exact) mass is 331 g/mol. The number of nitrogens with one attached hydrogen (secondary N) is 2. The molecule has 126 valence electrons. The number of aromatic nitrogens is 1. The minimum atomic E-state index is -0.157. The first-order valence-electron chi connectivity index (χ1n) is 8.25. The molecule has 1 heterocycles. The van der Waals surface area contributed by atoms with E-state index in [2.05, 4.69) is 27.8 Å². The van der Waals surface area contributed by atoms with Crippen LogP contribution in [-0.4, -0.2) is 10.9 Å². The lowest BCUT2D eigenvalue weighted by atomic mass is 10.1. The predicted molar refractivity (Wildman–Crippen MR) is 102 cm³/mol. The van der Waals surface area contributed by atoms with Gasteiger partial charge >= 0.3 is 0 Å². The number of carbonyl (C=O) groups is 1. The van der Waals surface area contributed by atoms with Crippen LogP contribution in [0.25, 0.3) is 0 Å². The van der Waals surface area contributed by atoms with E-state index in [0.717, 1.165) is 22.6 Å². The van der Waals surface area contributed by atoms with Crippen molar-refractivity contribution in [3.05, 3.63) is 89.1 Å². The number of hydrogen-bond acceptors (Lipinski definition) is 3. The molecule has 0 unspecified atom stereocenters. The molecule has 0 saturated heterocycles. The number of amides is 1. The van der Waals surface area contributed by atoms with Gasteiger partial charge in [-0.25, -0.2) is 4.98 Å². The van der Waals surface area contributed by atoms with Crippen molar-refractivity contribution in [1.82, 2.24) is 4.98 Å². The summed E-state index contributed by atoms with van der Waals surface area (Å²) in [5, 5.41) is 6.20. The van der Waals surface area contributed by atoms with Gasteiger partial charge in [-0.05, 0) is 48.7 Å². The maximum absolute atomic E-state index is 12.4. The number of carbonyl (C=O) groups excluding carboxylic acids is 1. The topological polar surface area (TPSA) is 54.0 Å². The van der Waals surface area contributed by atoms with E-state index in [1.807, 2.05) is 56.3 Å². The van der Waals surface area contributed by atoms with E-state index in [4.69, 9.17) is 0 Å². The number of rotatable bonds is 5. The molecule has 0 aliphatic carbocycles. The Morgan fingerprint density at radius 3 is 2.48 bits per heavy atom. The molecule has 0 aliphatic heterocycles. The number of aryl methyl sites for hydroxylation is 1. The highest BCUT2D eigenvalue weighted by Gasteiger charge is 2.09. The zero-order valence-corrected chi connectivity index (χ0v) is 14.4. The van der Waals surface area contributed by atoms with Gasteiger partial charge in [0.15, 0.2) is 0 Å². The minimum Gasteiger partial charge on any atom is -0.366 e. The lowest BCUT2D eigenvalue weighted by Gasteiger charge is -2.11. The van der Waals surface area contributed by atoms with E-state index in [9.17, 15) is 4.79 Å². The molecule has 0 saturated carbocycles. The molecule has 0 atom stereocenters. The summed E-state index contributed by atoms with van der Waals surface area (Å²) in [6.45, 7) is 4.72. The third-order valence-electron chi connectivity index (χ3n) is 4.19. The SMILES string of the molecule is Cc1cccc(NC(=O)c2ccc(NCc3ccccc3)nc2)c1C. The fourth-order valence-corrected chi connectivity index (χ4v) is 2.50. The van der Waals surface area contributed by atoms with E-state index >= 15 is 0 Å². The fourth-order valence-electron chi connectivity index (χ4n) is 2.50. The quantitative estimate of drug-likeness (QED) is 0.720. The summed E-state index contributed by atoms with van der Waals surface area (Å²) in [5.74, 6) is 0.586. The summed E-state index contributed by atoms with van der Waals surface area (Å²) in [6.07, 6.45) is 1.59. The Kier molecular flexibility index (Phi) is 5.09. The fraction of sp³-hybridized carbons (Fsp3) is 0.143. The number of benzene rings is 2. The van der Waals surface area contributed by atoms with E-state index < -0.39 is 0 Å². The Bertz CT molecular complexity index is 858. The van der Waals surface area contributed by atoms with E-state index in [-0.39, 0.29) is 5.91 Å². The van der Waals surface area contributed by atoms with Gasteiger partial charge < -0.3 is 10.6 Å². The summed E-state index contributed by atoms with van der Waals surface area (Å²) in [7, 11) is 0. The number of pyridine rings is 1. The maximum Gasteiger partial charge on any atom is 0.257 e. The second-order valence-electron chi connectivity index (χ2n) is 5.97.